The van der Waals surface area contributed by atoms with Crippen molar-refractivity contribution in [1.29, 1.82) is 0 Å². The van der Waals surface area contributed by atoms with Gasteiger partial charge in [-0.05, 0) is 29.8 Å². The third kappa shape index (κ3) is 3.18. The van der Waals surface area contributed by atoms with Gasteiger partial charge in [0.1, 0.15) is 0 Å². The van der Waals surface area contributed by atoms with Crippen LogP contribution in [0.1, 0.15) is 32.5 Å². The third-order valence-corrected chi connectivity index (χ3v) is 5.08. The van der Waals surface area contributed by atoms with Crippen molar-refractivity contribution >= 4 is 52.8 Å². The number of carbonyl (C=O) groups excluding carboxylic acids is 3. The van der Waals surface area contributed by atoms with Gasteiger partial charge in [-0.3, -0.25) is 39.4 Å². The maximum atomic E-state index is 12.7. The van der Waals surface area contributed by atoms with Gasteiger partial charge in [-0.2, -0.15) is 0 Å². The Morgan fingerprint density at radius 1 is 1.10 bits per heavy atom. The largest absolute Gasteiger partial charge is 0.281 e. The minimum atomic E-state index is -0.812. The summed E-state index contributed by atoms with van der Waals surface area (Å²) in [5.41, 5.74) is 1.52. The predicted molar refractivity (Wildman–Crippen MR) is 113 cm³/mol. The van der Waals surface area contributed by atoms with Gasteiger partial charge in [0, 0.05) is 44.3 Å². The van der Waals surface area contributed by atoms with Crippen LogP contribution < -0.4 is 20.4 Å². The van der Waals surface area contributed by atoms with Gasteiger partial charge in [-0.25, -0.2) is 4.90 Å². The highest BCUT2D eigenvalue weighted by Crippen LogP contribution is 2.38. The Balaban J connectivity index is 1.98. The van der Waals surface area contributed by atoms with Crippen molar-refractivity contribution in [3.8, 4) is 0 Å². The van der Waals surface area contributed by atoms with Crippen LogP contribution in [0, 0.1) is 10.1 Å². The lowest BCUT2D eigenvalue weighted by atomic mass is 10.1. The number of rotatable bonds is 3. The number of carbonyl (C=O) groups is 3. The maximum absolute atomic E-state index is 12.7. The number of nitro benzene ring substituents is 1. The lowest BCUT2D eigenvalue weighted by molar-refractivity contribution is -0.384. The van der Waals surface area contributed by atoms with Crippen molar-refractivity contribution in [1.82, 2.24) is 0 Å². The monoisotopic (exact) mass is 419 g/mol. The van der Waals surface area contributed by atoms with E-state index < -0.39 is 22.9 Å². The minimum Gasteiger partial charge on any atom is -0.281 e. The molecular formula is C21H17N5O5. The smallest absolute Gasteiger partial charge is 0.269 e. The van der Waals surface area contributed by atoms with Gasteiger partial charge >= 0.3 is 0 Å². The molecule has 31 heavy (non-hydrogen) atoms. The fraction of sp³-hybridized carbons (Fsp3) is 0.190. The molecule has 0 bridgehead atoms. The van der Waals surface area contributed by atoms with Gasteiger partial charge in [-0.15, -0.1) is 0 Å². The Hall–Kier alpha value is -4.21. The summed E-state index contributed by atoms with van der Waals surface area (Å²) in [5, 5.41) is 12.1. The first-order valence-corrected chi connectivity index (χ1v) is 9.35. The molecule has 10 nitrogen and oxygen atoms in total. The summed E-state index contributed by atoms with van der Waals surface area (Å²) >= 11 is 0. The van der Waals surface area contributed by atoms with Crippen LogP contribution in [0.2, 0.25) is 0 Å². The van der Waals surface area contributed by atoms with Crippen molar-refractivity contribution in [3.63, 3.8) is 0 Å². The molecular weight excluding hydrogens is 402 g/mol. The van der Waals surface area contributed by atoms with Gasteiger partial charge < -0.3 is 0 Å². The van der Waals surface area contributed by atoms with Crippen LogP contribution in [-0.2, 0) is 14.4 Å². The number of non-ortho nitro benzene ring substituents is 1. The summed E-state index contributed by atoms with van der Waals surface area (Å²) in [5.74, 6) is -1.39. The summed E-state index contributed by atoms with van der Waals surface area (Å²) in [6.45, 7) is 3.87. The third-order valence-electron chi connectivity index (χ3n) is 5.08. The van der Waals surface area contributed by atoms with Crippen molar-refractivity contribution in [3.05, 3.63) is 56.6 Å². The molecule has 1 unspecified atom stereocenters. The fourth-order valence-electron chi connectivity index (χ4n) is 3.83. The number of nitrogens with zero attached hydrogens (tertiary/aromatic N) is 5. The number of fused-ring (bicyclic) bond motifs is 3. The zero-order valence-electron chi connectivity index (χ0n) is 16.9. The summed E-state index contributed by atoms with van der Waals surface area (Å²) in [7, 11) is 0. The van der Waals surface area contributed by atoms with E-state index in [0.29, 0.717) is 27.5 Å². The number of nitro groups is 1. The number of benzene rings is 2. The molecule has 2 aromatic rings. The van der Waals surface area contributed by atoms with Crippen LogP contribution in [0.15, 0.2) is 40.3 Å². The van der Waals surface area contributed by atoms with E-state index in [1.165, 1.54) is 49.9 Å². The molecule has 2 aliphatic rings. The van der Waals surface area contributed by atoms with Gasteiger partial charge in [0.15, 0.2) is 6.17 Å². The molecule has 0 saturated heterocycles. The SMILES string of the molecule is CC(=O)N(C(C)=O)c1cc2c(c3c1N(C(C)=O)C(c1ccc([N+](=O)[O-])cc1)N=3)=CC=N2. The molecule has 0 radical (unpaired) electrons. The summed E-state index contributed by atoms with van der Waals surface area (Å²) in [6, 6.07) is 7.32. The van der Waals surface area contributed by atoms with Crippen molar-refractivity contribution in [2.75, 3.05) is 9.80 Å². The highest BCUT2D eigenvalue weighted by molar-refractivity contribution is 6.17. The molecule has 2 aromatic carbocycles. The van der Waals surface area contributed by atoms with Crippen LogP contribution in [0.4, 0.5) is 22.7 Å². The molecule has 0 spiro atoms. The average Bonchev–Trinajstić information content (AvgIpc) is 3.31. The van der Waals surface area contributed by atoms with Gasteiger partial charge in [0.05, 0.1) is 27.3 Å². The predicted octanol–water partition coefficient (Wildman–Crippen LogP) is 1.68. The zero-order chi connectivity index (χ0) is 22.4. The summed E-state index contributed by atoms with van der Waals surface area (Å²) in [4.78, 5) is 59.1. The molecule has 4 rings (SSSR count). The van der Waals surface area contributed by atoms with E-state index in [1.54, 1.807) is 18.4 Å². The molecule has 2 aliphatic heterocycles. The molecule has 1 atom stereocenters. The maximum Gasteiger partial charge on any atom is 0.269 e. The van der Waals surface area contributed by atoms with Gasteiger partial charge in [-0.1, -0.05) is 0 Å². The van der Waals surface area contributed by atoms with Crippen LogP contribution in [0.5, 0.6) is 0 Å². The second kappa shape index (κ2) is 7.24. The Morgan fingerprint density at radius 3 is 2.29 bits per heavy atom. The molecule has 0 fully saturated rings. The molecule has 0 aliphatic carbocycles. The van der Waals surface area contributed by atoms with Gasteiger partial charge in [0.2, 0.25) is 17.7 Å². The van der Waals surface area contributed by atoms with E-state index >= 15 is 0 Å². The molecule has 2 heterocycles. The van der Waals surface area contributed by atoms with Crippen LogP contribution in [0.25, 0.3) is 6.08 Å². The Bertz CT molecular complexity index is 1300. The lowest BCUT2D eigenvalue weighted by Gasteiger charge is -2.28. The highest BCUT2D eigenvalue weighted by atomic mass is 16.6. The normalized spacial score (nSPS) is 15.6. The van der Waals surface area contributed by atoms with Crippen molar-refractivity contribution in [2.24, 2.45) is 9.98 Å². The summed E-state index contributed by atoms with van der Waals surface area (Å²) in [6.07, 6.45) is 2.51. The fourth-order valence-corrected chi connectivity index (χ4v) is 3.83. The van der Waals surface area contributed by atoms with Crippen molar-refractivity contribution in [2.45, 2.75) is 26.9 Å². The number of hydrogen-bond donors (Lipinski definition) is 0. The Morgan fingerprint density at radius 2 is 1.74 bits per heavy atom. The first kappa shape index (κ1) is 20.1. The number of anilines is 2. The van der Waals surface area contributed by atoms with E-state index in [0.717, 1.165) is 4.90 Å². The molecule has 10 heteroatoms. The van der Waals surface area contributed by atoms with Crippen LogP contribution in [0.3, 0.4) is 0 Å². The van der Waals surface area contributed by atoms with E-state index in [2.05, 4.69) is 4.99 Å². The Kier molecular flexibility index (Phi) is 4.69. The first-order valence-electron chi connectivity index (χ1n) is 9.35. The zero-order valence-corrected chi connectivity index (χ0v) is 16.9. The molecule has 3 amide bonds. The standard InChI is InChI=1S/C21H17N5O5/c1-11(27)24(12(2)28)18-10-17-16(8-9-22-17)19-20(18)25(13(3)29)21(23-19)14-4-6-15(7-5-14)26(30)31/h4-10,21H,1-3H3. The number of hydrogen-bond acceptors (Lipinski definition) is 7. The number of imide groups is 1. The second-order valence-electron chi connectivity index (χ2n) is 7.08. The number of aliphatic imine (C=N–C) groups is 1. The Labute approximate surface area is 176 Å². The highest BCUT2D eigenvalue weighted by Gasteiger charge is 2.36. The second-order valence-corrected chi connectivity index (χ2v) is 7.08. The average molecular weight is 419 g/mol. The topological polar surface area (TPSA) is 126 Å². The van der Waals surface area contributed by atoms with E-state index in [-0.39, 0.29) is 17.3 Å². The van der Waals surface area contributed by atoms with E-state index in [1.807, 2.05) is 0 Å². The molecule has 0 N–H and O–H groups in total. The molecule has 0 saturated carbocycles. The van der Waals surface area contributed by atoms with Crippen LogP contribution >= 0.6 is 0 Å². The molecule has 156 valence electrons. The van der Waals surface area contributed by atoms with E-state index in [9.17, 15) is 24.5 Å². The summed E-state index contributed by atoms with van der Waals surface area (Å²) < 4.78 is 0. The quantitative estimate of drug-likeness (QED) is 0.553. The molecule has 0 aromatic heterocycles. The van der Waals surface area contributed by atoms with Crippen molar-refractivity contribution < 1.29 is 19.3 Å². The lowest BCUT2D eigenvalue weighted by Crippen LogP contribution is -2.39. The first-order chi connectivity index (χ1) is 14.7. The van der Waals surface area contributed by atoms with Gasteiger partial charge in [0.25, 0.3) is 5.69 Å². The minimum absolute atomic E-state index is 0.0868. The number of amides is 3. The van der Waals surface area contributed by atoms with E-state index in [4.69, 9.17) is 4.99 Å². The van der Waals surface area contributed by atoms with Crippen LogP contribution in [-0.4, -0.2) is 28.9 Å².